The second-order valence-electron chi connectivity index (χ2n) is 5.84. The van der Waals surface area contributed by atoms with Crippen molar-refractivity contribution < 1.29 is 17.9 Å². The SMILES string of the molecule is Cl.O=S(=O)(NCc1ccc2c(c1)CNC2)c1ccc2c(c1)OCCO2. The fourth-order valence-corrected chi connectivity index (χ4v) is 3.94. The highest BCUT2D eigenvalue weighted by atomic mass is 35.5. The van der Waals surface area contributed by atoms with Crippen LogP contribution in [0.1, 0.15) is 16.7 Å². The molecule has 2 heterocycles. The van der Waals surface area contributed by atoms with E-state index in [4.69, 9.17) is 9.47 Å². The topological polar surface area (TPSA) is 76.7 Å². The van der Waals surface area contributed by atoms with E-state index in [0.29, 0.717) is 24.7 Å². The van der Waals surface area contributed by atoms with Gasteiger partial charge in [0.15, 0.2) is 11.5 Å². The van der Waals surface area contributed by atoms with E-state index < -0.39 is 10.0 Å². The van der Waals surface area contributed by atoms with Crippen molar-refractivity contribution in [3.05, 3.63) is 53.1 Å². The average Bonchev–Trinajstić information content (AvgIpc) is 3.07. The van der Waals surface area contributed by atoms with E-state index in [0.717, 1.165) is 18.7 Å². The summed E-state index contributed by atoms with van der Waals surface area (Å²) in [5.74, 6) is 1.04. The summed E-state index contributed by atoms with van der Waals surface area (Å²) >= 11 is 0. The van der Waals surface area contributed by atoms with Crippen LogP contribution in [0.3, 0.4) is 0 Å². The standard InChI is InChI=1S/C17H18N2O4S.ClH/c20-24(21,15-3-4-16-17(8-15)23-6-5-22-16)19-9-12-1-2-13-10-18-11-14(13)7-12;/h1-4,7-8,18-19H,5-6,9-11H2;1H. The monoisotopic (exact) mass is 382 g/mol. The minimum atomic E-state index is -3.61. The van der Waals surface area contributed by atoms with E-state index in [1.165, 1.54) is 23.3 Å². The van der Waals surface area contributed by atoms with Gasteiger partial charge in [-0.1, -0.05) is 18.2 Å². The normalized spacial score (nSPS) is 15.4. The van der Waals surface area contributed by atoms with Crippen LogP contribution in [0, 0.1) is 0 Å². The zero-order chi connectivity index (χ0) is 16.6. The Labute approximate surface area is 153 Å². The number of fused-ring (bicyclic) bond motifs is 2. The van der Waals surface area contributed by atoms with Gasteiger partial charge in [0.2, 0.25) is 10.0 Å². The third kappa shape index (κ3) is 3.74. The Morgan fingerprint density at radius 3 is 2.56 bits per heavy atom. The van der Waals surface area contributed by atoms with Crippen LogP contribution in [0.4, 0.5) is 0 Å². The lowest BCUT2D eigenvalue weighted by atomic mass is 10.1. The van der Waals surface area contributed by atoms with Crippen molar-refractivity contribution in [2.45, 2.75) is 24.5 Å². The molecule has 0 unspecified atom stereocenters. The number of sulfonamides is 1. The summed E-state index contributed by atoms with van der Waals surface area (Å²) in [6, 6.07) is 10.7. The first kappa shape index (κ1) is 18.0. The predicted molar refractivity (Wildman–Crippen MR) is 95.7 cm³/mol. The van der Waals surface area contributed by atoms with Crippen LogP contribution in [0.25, 0.3) is 0 Å². The van der Waals surface area contributed by atoms with Crippen molar-refractivity contribution in [2.24, 2.45) is 0 Å². The second-order valence-corrected chi connectivity index (χ2v) is 7.60. The molecule has 2 aromatic carbocycles. The number of hydrogen-bond donors (Lipinski definition) is 2. The van der Waals surface area contributed by atoms with E-state index in [9.17, 15) is 8.42 Å². The molecule has 0 saturated carbocycles. The predicted octanol–water partition coefficient (Wildman–Crippen LogP) is 1.96. The molecular formula is C17H19ClN2O4S. The molecule has 2 aliphatic rings. The number of benzene rings is 2. The third-order valence-electron chi connectivity index (χ3n) is 4.19. The van der Waals surface area contributed by atoms with Crippen molar-refractivity contribution in [1.82, 2.24) is 10.0 Å². The molecule has 0 saturated heterocycles. The molecule has 0 spiro atoms. The molecule has 2 aliphatic heterocycles. The Morgan fingerprint density at radius 2 is 1.72 bits per heavy atom. The van der Waals surface area contributed by atoms with Crippen LogP contribution in [0.2, 0.25) is 0 Å². The number of nitrogens with one attached hydrogen (secondary N) is 2. The van der Waals surface area contributed by atoms with Gasteiger partial charge in [-0.3, -0.25) is 0 Å². The van der Waals surface area contributed by atoms with Gasteiger partial charge in [0.05, 0.1) is 4.90 Å². The molecule has 6 nitrogen and oxygen atoms in total. The molecule has 2 N–H and O–H groups in total. The van der Waals surface area contributed by atoms with Crippen LogP contribution in [-0.2, 0) is 29.7 Å². The van der Waals surface area contributed by atoms with Gasteiger partial charge in [-0.25, -0.2) is 13.1 Å². The van der Waals surface area contributed by atoms with Gasteiger partial charge in [0.25, 0.3) is 0 Å². The molecule has 0 bridgehead atoms. The van der Waals surface area contributed by atoms with Crippen molar-refractivity contribution in [1.29, 1.82) is 0 Å². The second kappa shape index (κ2) is 7.21. The molecule has 0 atom stereocenters. The molecule has 25 heavy (non-hydrogen) atoms. The molecule has 4 rings (SSSR count). The maximum atomic E-state index is 12.5. The maximum Gasteiger partial charge on any atom is 0.241 e. The van der Waals surface area contributed by atoms with Gasteiger partial charge < -0.3 is 14.8 Å². The number of rotatable bonds is 4. The highest BCUT2D eigenvalue weighted by Crippen LogP contribution is 2.32. The smallest absolute Gasteiger partial charge is 0.241 e. The molecule has 134 valence electrons. The Kier molecular flexibility index (Phi) is 5.19. The molecule has 0 amide bonds. The van der Waals surface area contributed by atoms with E-state index >= 15 is 0 Å². The van der Waals surface area contributed by atoms with Gasteiger partial charge in [0.1, 0.15) is 13.2 Å². The van der Waals surface area contributed by atoms with Crippen LogP contribution in [0.5, 0.6) is 11.5 Å². The molecule has 0 radical (unpaired) electrons. The van der Waals surface area contributed by atoms with Crippen LogP contribution >= 0.6 is 12.4 Å². The first-order chi connectivity index (χ1) is 11.6. The Balaban J connectivity index is 0.00000182. The molecule has 2 aromatic rings. The van der Waals surface area contributed by atoms with E-state index in [-0.39, 0.29) is 23.8 Å². The molecule has 0 aliphatic carbocycles. The summed E-state index contributed by atoms with van der Waals surface area (Å²) in [7, 11) is -3.61. The summed E-state index contributed by atoms with van der Waals surface area (Å²) in [5, 5.41) is 3.28. The maximum absolute atomic E-state index is 12.5. The lowest BCUT2D eigenvalue weighted by molar-refractivity contribution is 0.171. The largest absolute Gasteiger partial charge is 0.486 e. The van der Waals surface area contributed by atoms with E-state index in [1.807, 2.05) is 18.2 Å². The van der Waals surface area contributed by atoms with Gasteiger partial charge >= 0.3 is 0 Å². The van der Waals surface area contributed by atoms with E-state index in [1.54, 1.807) is 6.07 Å². The minimum Gasteiger partial charge on any atom is -0.486 e. The van der Waals surface area contributed by atoms with Crippen molar-refractivity contribution in [2.75, 3.05) is 13.2 Å². The van der Waals surface area contributed by atoms with Crippen molar-refractivity contribution >= 4 is 22.4 Å². The highest BCUT2D eigenvalue weighted by Gasteiger charge is 2.19. The highest BCUT2D eigenvalue weighted by molar-refractivity contribution is 7.89. The first-order valence-electron chi connectivity index (χ1n) is 7.82. The summed E-state index contributed by atoms with van der Waals surface area (Å²) in [4.78, 5) is 0.176. The first-order valence-corrected chi connectivity index (χ1v) is 9.31. The molecule has 0 fully saturated rings. The lowest BCUT2D eigenvalue weighted by Crippen LogP contribution is -2.24. The van der Waals surface area contributed by atoms with Gasteiger partial charge in [-0.15, -0.1) is 12.4 Å². The quantitative estimate of drug-likeness (QED) is 0.845. The minimum absolute atomic E-state index is 0. The Morgan fingerprint density at radius 1 is 0.960 bits per heavy atom. The molecular weight excluding hydrogens is 364 g/mol. The van der Waals surface area contributed by atoms with Crippen LogP contribution in [0.15, 0.2) is 41.3 Å². The Hall–Kier alpha value is -1.80. The van der Waals surface area contributed by atoms with Crippen molar-refractivity contribution in [3.63, 3.8) is 0 Å². The number of halogens is 1. The third-order valence-corrected chi connectivity index (χ3v) is 5.59. The van der Waals surface area contributed by atoms with Crippen LogP contribution in [-0.4, -0.2) is 21.6 Å². The van der Waals surface area contributed by atoms with Crippen molar-refractivity contribution in [3.8, 4) is 11.5 Å². The molecule has 0 aromatic heterocycles. The van der Waals surface area contributed by atoms with Gasteiger partial charge in [-0.2, -0.15) is 0 Å². The molecule has 8 heteroatoms. The van der Waals surface area contributed by atoms with E-state index in [2.05, 4.69) is 10.0 Å². The van der Waals surface area contributed by atoms with Crippen LogP contribution < -0.4 is 19.5 Å². The fourth-order valence-electron chi connectivity index (χ4n) is 2.91. The summed E-state index contributed by atoms with van der Waals surface area (Å²) in [5.41, 5.74) is 3.44. The fraction of sp³-hybridized carbons (Fsp3) is 0.294. The van der Waals surface area contributed by atoms with Gasteiger partial charge in [0, 0.05) is 25.7 Å². The summed E-state index contributed by atoms with van der Waals surface area (Å²) in [6.07, 6.45) is 0. The Bertz CT molecular complexity index is 886. The van der Waals surface area contributed by atoms with Gasteiger partial charge in [-0.05, 0) is 28.8 Å². The lowest BCUT2D eigenvalue weighted by Gasteiger charge is -2.19. The summed E-state index contributed by atoms with van der Waals surface area (Å²) in [6.45, 7) is 2.86. The zero-order valence-corrected chi connectivity index (χ0v) is 15.1. The number of hydrogen-bond acceptors (Lipinski definition) is 5. The zero-order valence-electron chi connectivity index (χ0n) is 13.4. The average molecular weight is 383 g/mol. The summed E-state index contributed by atoms with van der Waals surface area (Å²) < 4.78 is 38.5. The number of ether oxygens (including phenoxy) is 2.